The smallest absolute Gasteiger partial charge is 0.265 e. The maximum atomic E-state index is 13.6. The molecule has 1 heterocycles. The SMILES string of the molecule is CCC(C(=O)NC(C)(C)C)N(Cc1ccc(OC)cc1)C(=O)CCCN1c2cccc3cccc(c23)S1(=O)=O. The predicted molar refractivity (Wildman–Crippen MR) is 153 cm³/mol. The molecule has 9 heteroatoms. The van der Waals surface area contributed by atoms with Crippen molar-refractivity contribution >= 4 is 38.3 Å². The number of nitrogens with one attached hydrogen (secondary N) is 1. The van der Waals surface area contributed by atoms with Gasteiger partial charge in [-0.15, -0.1) is 0 Å². The maximum absolute atomic E-state index is 13.6. The number of sulfonamides is 1. The van der Waals surface area contributed by atoms with Gasteiger partial charge in [-0.1, -0.05) is 43.3 Å². The molecule has 3 aromatic rings. The minimum absolute atomic E-state index is 0.105. The van der Waals surface area contributed by atoms with E-state index in [0.29, 0.717) is 29.2 Å². The summed E-state index contributed by atoms with van der Waals surface area (Å²) in [4.78, 5) is 28.8. The lowest BCUT2D eigenvalue weighted by atomic mass is 10.0. The van der Waals surface area contributed by atoms with Gasteiger partial charge in [0.05, 0.1) is 17.7 Å². The minimum Gasteiger partial charge on any atom is -0.497 e. The van der Waals surface area contributed by atoms with Gasteiger partial charge >= 0.3 is 0 Å². The lowest BCUT2D eigenvalue weighted by molar-refractivity contribution is -0.142. The lowest BCUT2D eigenvalue weighted by Gasteiger charge is -2.33. The Morgan fingerprint density at radius 2 is 1.69 bits per heavy atom. The van der Waals surface area contributed by atoms with Crippen molar-refractivity contribution in [3.63, 3.8) is 0 Å². The van der Waals surface area contributed by atoms with Gasteiger partial charge in [0.15, 0.2) is 0 Å². The van der Waals surface area contributed by atoms with E-state index in [9.17, 15) is 18.0 Å². The van der Waals surface area contributed by atoms with Crippen LogP contribution in [0.1, 0.15) is 52.5 Å². The zero-order valence-electron chi connectivity index (χ0n) is 23.2. The van der Waals surface area contributed by atoms with Crippen molar-refractivity contribution in [3.8, 4) is 5.75 Å². The van der Waals surface area contributed by atoms with Gasteiger partial charge in [-0.05, 0) is 68.8 Å². The number of amides is 2. The van der Waals surface area contributed by atoms with Crippen LogP contribution >= 0.6 is 0 Å². The van der Waals surface area contributed by atoms with Crippen molar-refractivity contribution in [1.82, 2.24) is 10.2 Å². The average Bonchev–Trinajstić information content (AvgIpc) is 3.11. The Labute approximate surface area is 231 Å². The van der Waals surface area contributed by atoms with E-state index in [4.69, 9.17) is 4.74 Å². The highest BCUT2D eigenvalue weighted by Crippen LogP contribution is 2.42. The summed E-state index contributed by atoms with van der Waals surface area (Å²) in [6.45, 7) is 8.03. The zero-order valence-corrected chi connectivity index (χ0v) is 24.0. The molecule has 0 radical (unpaired) electrons. The number of hydrogen-bond donors (Lipinski definition) is 1. The third-order valence-electron chi connectivity index (χ3n) is 6.83. The molecule has 4 rings (SSSR count). The molecule has 0 bridgehead atoms. The second kappa shape index (κ2) is 11.3. The summed E-state index contributed by atoms with van der Waals surface area (Å²) >= 11 is 0. The highest BCUT2D eigenvalue weighted by atomic mass is 32.2. The van der Waals surface area contributed by atoms with Crippen LogP contribution in [-0.4, -0.2) is 50.4 Å². The predicted octanol–water partition coefficient (Wildman–Crippen LogP) is 4.86. The molecule has 0 saturated heterocycles. The average molecular weight is 552 g/mol. The molecule has 8 nitrogen and oxygen atoms in total. The fourth-order valence-electron chi connectivity index (χ4n) is 5.02. The van der Waals surface area contributed by atoms with Crippen molar-refractivity contribution in [3.05, 3.63) is 66.2 Å². The molecule has 0 saturated carbocycles. The highest BCUT2D eigenvalue weighted by Gasteiger charge is 2.36. The van der Waals surface area contributed by atoms with Gasteiger partial charge in [-0.25, -0.2) is 8.42 Å². The van der Waals surface area contributed by atoms with Crippen LogP contribution in [0.4, 0.5) is 5.69 Å². The fourth-order valence-corrected chi connectivity index (χ4v) is 6.77. The number of ether oxygens (including phenoxy) is 1. The number of nitrogens with zero attached hydrogens (tertiary/aromatic N) is 2. The Balaban J connectivity index is 1.53. The van der Waals surface area contributed by atoms with Gasteiger partial charge in [0, 0.05) is 30.4 Å². The summed E-state index contributed by atoms with van der Waals surface area (Å²) in [5.74, 6) is 0.294. The van der Waals surface area contributed by atoms with Crippen molar-refractivity contribution in [2.75, 3.05) is 18.0 Å². The third-order valence-corrected chi connectivity index (χ3v) is 8.68. The molecule has 0 spiro atoms. The standard InChI is InChI=1S/C30H37N3O5S/c1-6-24(29(35)31-30(2,3)4)32(20-21-15-17-23(38-5)18-16-21)27(34)14-9-19-33-25-12-7-10-22-11-8-13-26(28(22)25)39(33,36)37/h7-8,10-13,15-18,24H,6,9,14,19-20H2,1-5H3,(H,31,35). The van der Waals surface area contributed by atoms with E-state index in [0.717, 1.165) is 16.3 Å². The van der Waals surface area contributed by atoms with Gasteiger partial charge in [-0.2, -0.15) is 0 Å². The number of carbonyl (C=O) groups excluding carboxylic acids is 2. The van der Waals surface area contributed by atoms with Crippen LogP contribution in [0.25, 0.3) is 10.8 Å². The number of anilines is 1. The first-order valence-electron chi connectivity index (χ1n) is 13.2. The summed E-state index contributed by atoms with van der Waals surface area (Å²) in [6, 6.07) is 17.6. The Morgan fingerprint density at radius 3 is 2.31 bits per heavy atom. The molecular formula is C30H37N3O5S. The van der Waals surface area contributed by atoms with Crippen molar-refractivity contribution < 1.29 is 22.7 Å². The lowest BCUT2D eigenvalue weighted by Crippen LogP contribution is -2.53. The van der Waals surface area contributed by atoms with Gasteiger partial charge in [0.25, 0.3) is 10.0 Å². The number of benzene rings is 3. The topological polar surface area (TPSA) is 96.0 Å². The summed E-state index contributed by atoms with van der Waals surface area (Å²) in [5.41, 5.74) is 1.07. The van der Waals surface area contributed by atoms with Crippen LogP contribution in [0, 0.1) is 0 Å². The molecule has 0 aromatic heterocycles. The van der Waals surface area contributed by atoms with E-state index >= 15 is 0 Å². The number of carbonyl (C=O) groups is 2. The Bertz CT molecular complexity index is 1460. The van der Waals surface area contributed by atoms with Gasteiger partial charge in [0.1, 0.15) is 11.8 Å². The first-order chi connectivity index (χ1) is 18.5. The van der Waals surface area contributed by atoms with E-state index < -0.39 is 21.6 Å². The van der Waals surface area contributed by atoms with Crippen molar-refractivity contribution in [2.24, 2.45) is 0 Å². The number of rotatable bonds is 10. The molecule has 1 atom stereocenters. The molecule has 1 aliphatic rings. The van der Waals surface area contributed by atoms with E-state index in [-0.39, 0.29) is 31.3 Å². The maximum Gasteiger partial charge on any atom is 0.265 e. The second-order valence-corrected chi connectivity index (χ2v) is 12.7. The first kappa shape index (κ1) is 28.4. The largest absolute Gasteiger partial charge is 0.497 e. The molecule has 208 valence electrons. The third kappa shape index (κ3) is 6.03. The van der Waals surface area contributed by atoms with Crippen LogP contribution in [-0.2, 0) is 26.2 Å². The van der Waals surface area contributed by atoms with Gasteiger partial charge < -0.3 is 15.0 Å². The molecule has 3 aromatic carbocycles. The van der Waals surface area contributed by atoms with Crippen LogP contribution in [0.15, 0.2) is 65.6 Å². The van der Waals surface area contributed by atoms with Crippen LogP contribution in [0.2, 0.25) is 0 Å². The summed E-state index contributed by atoms with van der Waals surface area (Å²) in [6.07, 6.45) is 0.869. The van der Waals surface area contributed by atoms with Crippen LogP contribution in [0.5, 0.6) is 5.75 Å². The molecule has 2 amide bonds. The highest BCUT2D eigenvalue weighted by molar-refractivity contribution is 7.93. The number of methoxy groups -OCH3 is 1. The molecule has 1 unspecified atom stereocenters. The van der Waals surface area contributed by atoms with E-state index in [2.05, 4.69) is 5.32 Å². The van der Waals surface area contributed by atoms with E-state index in [1.807, 2.05) is 70.2 Å². The molecule has 0 fully saturated rings. The monoisotopic (exact) mass is 551 g/mol. The molecular weight excluding hydrogens is 514 g/mol. The van der Waals surface area contributed by atoms with E-state index in [1.165, 1.54) is 4.31 Å². The van der Waals surface area contributed by atoms with Crippen molar-refractivity contribution in [2.45, 2.75) is 70.0 Å². The van der Waals surface area contributed by atoms with Gasteiger partial charge in [0.2, 0.25) is 11.8 Å². The molecule has 0 aliphatic carbocycles. The van der Waals surface area contributed by atoms with Crippen LogP contribution in [0.3, 0.4) is 0 Å². The Kier molecular flexibility index (Phi) is 8.20. The molecule has 1 N–H and O–H groups in total. The minimum atomic E-state index is -3.69. The Morgan fingerprint density at radius 1 is 1.03 bits per heavy atom. The quantitative estimate of drug-likeness (QED) is 0.388. The molecule has 1 aliphatic heterocycles. The Hall–Kier alpha value is -3.59. The fraction of sp³-hybridized carbons (Fsp3) is 0.400. The van der Waals surface area contributed by atoms with Crippen LogP contribution < -0.4 is 14.4 Å². The summed E-state index contributed by atoms with van der Waals surface area (Å²) in [5, 5.41) is 4.59. The summed E-state index contributed by atoms with van der Waals surface area (Å²) in [7, 11) is -2.10. The van der Waals surface area contributed by atoms with Crippen molar-refractivity contribution in [1.29, 1.82) is 0 Å². The number of hydrogen-bond acceptors (Lipinski definition) is 5. The zero-order chi connectivity index (χ0) is 28.4. The normalized spacial score (nSPS) is 14.7. The second-order valence-electron chi connectivity index (χ2n) is 10.8. The van der Waals surface area contributed by atoms with Gasteiger partial charge in [-0.3, -0.25) is 13.9 Å². The first-order valence-corrected chi connectivity index (χ1v) is 14.7. The van der Waals surface area contributed by atoms with E-state index in [1.54, 1.807) is 30.2 Å². The summed E-state index contributed by atoms with van der Waals surface area (Å²) < 4.78 is 33.3. The molecule has 39 heavy (non-hydrogen) atoms.